The minimum atomic E-state index is 0.703. The van der Waals surface area contributed by atoms with Crippen LogP contribution in [0, 0.1) is 0 Å². The molecule has 1 N–H and O–H groups in total. The van der Waals surface area contributed by atoms with E-state index in [9.17, 15) is 0 Å². The first kappa shape index (κ1) is 13.1. The lowest BCUT2D eigenvalue weighted by Crippen LogP contribution is -2.26. The van der Waals surface area contributed by atoms with Gasteiger partial charge in [-0.1, -0.05) is 12.1 Å². The number of likely N-dealkylation sites (N-methyl/N-ethyl adjacent to an activating group) is 1. The number of hydrogen-bond acceptors (Lipinski definition) is 2. The van der Waals surface area contributed by atoms with E-state index >= 15 is 0 Å². The molecule has 1 saturated heterocycles. The van der Waals surface area contributed by atoms with Crippen molar-refractivity contribution in [2.45, 2.75) is 25.3 Å². The van der Waals surface area contributed by atoms with Crippen molar-refractivity contribution in [2.24, 2.45) is 0 Å². The highest BCUT2D eigenvalue weighted by Crippen LogP contribution is 2.30. The van der Waals surface area contributed by atoms with Gasteiger partial charge in [-0.15, -0.1) is 11.3 Å². The third-order valence-corrected chi connectivity index (χ3v) is 5.62. The highest BCUT2D eigenvalue weighted by atomic mass is 32.1. The Hall–Kier alpha value is -1.58. The smallest absolute Gasteiger partial charge is 0.0457 e. The molecule has 2 aromatic heterocycles. The molecule has 21 heavy (non-hydrogen) atoms. The highest BCUT2D eigenvalue weighted by molar-refractivity contribution is 7.13. The number of hydrogen-bond donors (Lipinski definition) is 1. The Labute approximate surface area is 129 Å². The first-order chi connectivity index (χ1) is 10.3. The second-order valence-electron chi connectivity index (χ2n) is 6.03. The lowest BCUT2D eigenvalue weighted by atomic mass is 10.0. The number of H-pyrrole nitrogens is 1. The summed E-state index contributed by atoms with van der Waals surface area (Å²) in [6.45, 7) is 1.24. The third kappa shape index (κ3) is 2.41. The number of aromatic amines is 1. The predicted molar refractivity (Wildman–Crippen MR) is 91.0 cm³/mol. The van der Waals surface area contributed by atoms with Gasteiger partial charge in [-0.2, -0.15) is 0 Å². The quantitative estimate of drug-likeness (QED) is 0.752. The van der Waals surface area contributed by atoms with Gasteiger partial charge in [-0.3, -0.25) is 0 Å². The number of likely N-dealkylation sites (tertiary alicyclic amines) is 1. The van der Waals surface area contributed by atoms with Gasteiger partial charge in [0, 0.05) is 28.0 Å². The Kier molecular flexibility index (Phi) is 3.32. The van der Waals surface area contributed by atoms with Gasteiger partial charge in [-0.05, 0) is 67.6 Å². The Morgan fingerprint density at radius 3 is 3.05 bits per heavy atom. The number of nitrogens with zero attached hydrogens (tertiary/aromatic N) is 1. The number of rotatable bonds is 3. The fourth-order valence-electron chi connectivity index (χ4n) is 3.43. The van der Waals surface area contributed by atoms with Crippen LogP contribution in [-0.2, 0) is 6.42 Å². The van der Waals surface area contributed by atoms with Crippen LogP contribution in [0.2, 0.25) is 0 Å². The van der Waals surface area contributed by atoms with Gasteiger partial charge in [0.05, 0.1) is 0 Å². The van der Waals surface area contributed by atoms with E-state index in [1.165, 1.54) is 46.3 Å². The molecule has 1 aliphatic heterocycles. The molecule has 0 aliphatic carbocycles. The van der Waals surface area contributed by atoms with E-state index in [0.29, 0.717) is 6.04 Å². The summed E-state index contributed by atoms with van der Waals surface area (Å²) in [6.07, 6.45) is 6.02. The van der Waals surface area contributed by atoms with Gasteiger partial charge in [0.2, 0.25) is 0 Å². The molecular formula is C18H20N2S. The van der Waals surface area contributed by atoms with E-state index in [2.05, 4.69) is 58.8 Å². The Morgan fingerprint density at radius 2 is 2.29 bits per heavy atom. The predicted octanol–water partition coefficient (Wildman–Crippen LogP) is 4.53. The summed E-state index contributed by atoms with van der Waals surface area (Å²) in [4.78, 5) is 7.29. The number of thiophene rings is 1. The number of aromatic nitrogens is 1. The van der Waals surface area contributed by atoms with Crippen LogP contribution < -0.4 is 0 Å². The SMILES string of the molecule is CN1CCCC1Cc1c[nH]c2ccc(-c3cccs3)cc12. The van der Waals surface area contributed by atoms with Crippen molar-refractivity contribution >= 4 is 22.2 Å². The van der Waals surface area contributed by atoms with E-state index in [0.717, 1.165) is 6.42 Å². The number of nitrogens with one attached hydrogen (secondary N) is 1. The molecule has 4 rings (SSSR count). The highest BCUT2D eigenvalue weighted by Gasteiger charge is 2.22. The molecule has 0 radical (unpaired) electrons. The van der Waals surface area contributed by atoms with Crippen molar-refractivity contribution in [3.63, 3.8) is 0 Å². The summed E-state index contributed by atoms with van der Waals surface area (Å²) in [5.41, 5.74) is 4.05. The Bertz CT molecular complexity index is 742. The van der Waals surface area contributed by atoms with Crippen LogP contribution in [0.25, 0.3) is 21.3 Å². The fourth-order valence-corrected chi connectivity index (χ4v) is 4.16. The van der Waals surface area contributed by atoms with E-state index < -0.39 is 0 Å². The molecule has 3 aromatic rings. The maximum absolute atomic E-state index is 3.43. The zero-order valence-corrected chi connectivity index (χ0v) is 13.1. The zero-order chi connectivity index (χ0) is 14.2. The molecule has 0 spiro atoms. The van der Waals surface area contributed by atoms with Crippen LogP contribution >= 0.6 is 11.3 Å². The summed E-state index contributed by atoms with van der Waals surface area (Å²) >= 11 is 1.81. The molecular weight excluding hydrogens is 276 g/mol. The standard InChI is InChI=1S/C18H20N2S/c1-20-8-2-4-15(20)10-14-12-19-17-7-6-13(11-16(14)17)18-5-3-9-21-18/h3,5-7,9,11-12,15,19H,2,4,8,10H2,1H3. The van der Waals surface area contributed by atoms with Gasteiger partial charge in [0.15, 0.2) is 0 Å². The van der Waals surface area contributed by atoms with E-state index in [4.69, 9.17) is 0 Å². The summed E-state index contributed by atoms with van der Waals surface area (Å²) < 4.78 is 0. The van der Waals surface area contributed by atoms with Gasteiger partial charge in [0.25, 0.3) is 0 Å². The first-order valence-electron chi connectivity index (χ1n) is 7.65. The molecule has 1 aliphatic rings. The van der Waals surface area contributed by atoms with Crippen molar-refractivity contribution in [3.8, 4) is 10.4 Å². The maximum Gasteiger partial charge on any atom is 0.0457 e. The molecule has 1 fully saturated rings. The fraction of sp³-hybridized carbons (Fsp3) is 0.333. The van der Waals surface area contributed by atoms with E-state index in [-0.39, 0.29) is 0 Å². The van der Waals surface area contributed by atoms with Crippen molar-refractivity contribution in [1.29, 1.82) is 0 Å². The summed E-state index contributed by atoms with van der Waals surface area (Å²) in [5.74, 6) is 0. The molecule has 0 amide bonds. The molecule has 1 aromatic carbocycles. The molecule has 3 heterocycles. The third-order valence-electron chi connectivity index (χ3n) is 4.70. The topological polar surface area (TPSA) is 19.0 Å². The minimum absolute atomic E-state index is 0.703. The lowest BCUT2D eigenvalue weighted by Gasteiger charge is -2.18. The summed E-state index contributed by atoms with van der Waals surface area (Å²) in [7, 11) is 2.25. The van der Waals surface area contributed by atoms with Crippen LogP contribution in [0.1, 0.15) is 18.4 Å². The van der Waals surface area contributed by atoms with Crippen molar-refractivity contribution in [1.82, 2.24) is 9.88 Å². The van der Waals surface area contributed by atoms with Crippen molar-refractivity contribution in [2.75, 3.05) is 13.6 Å². The van der Waals surface area contributed by atoms with Gasteiger partial charge in [-0.25, -0.2) is 0 Å². The van der Waals surface area contributed by atoms with E-state index in [1.54, 1.807) is 0 Å². The first-order valence-corrected chi connectivity index (χ1v) is 8.53. The average molecular weight is 296 g/mol. The number of benzene rings is 1. The summed E-state index contributed by atoms with van der Waals surface area (Å²) in [5, 5.41) is 3.53. The molecule has 1 unspecified atom stereocenters. The number of fused-ring (bicyclic) bond motifs is 1. The molecule has 1 atom stereocenters. The minimum Gasteiger partial charge on any atom is -0.361 e. The van der Waals surface area contributed by atoms with Gasteiger partial charge in [0.1, 0.15) is 0 Å². The Morgan fingerprint density at radius 1 is 1.33 bits per heavy atom. The van der Waals surface area contributed by atoms with Gasteiger partial charge >= 0.3 is 0 Å². The molecule has 0 bridgehead atoms. The molecule has 3 heteroatoms. The average Bonchev–Trinajstić information content (AvgIpc) is 3.22. The largest absolute Gasteiger partial charge is 0.361 e. The van der Waals surface area contributed by atoms with Crippen LogP contribution in [0.5, 0.6) is 0 Å². The van der Waals surface area contributed by atoms with Crippen LogP contribution in [-0.4, -0.2) is 29.5 Å². The second-order valence-corrected chi connectivity index (χ2v) is 6.98. The van der Waals surface area contributed by atoms with Gasteiger partial charge < -0.3 is 9.88 Å². The van der Waals surface area contributed by atoms with Crippen LogP contribution in [0.3, 0.4) is 0 Å². The molecule has 0 saturated carbocycles. The second kappa shape index (κ2) is 5.32. The van der Waals surface area contributed by atoms with Crippen LogP contribution in [0.4, 0.5) is 0 Å². The zero-order valence-electron chi connectivity index (χ0n) is 12.3. The molecule has 2 nitrogen and oxygen atoms in total. The monoisotopic (exact) mass is 296 g/mol. The van der Waals surface area contributed by atoms with Crippen LogP contribution in [0.15, 0.2) is 41.9 Å². The van der Waals surface area contributed by atoms with E-state index in [1.807, 2.05) is 11.3 Å². The normalized spacial score (nSPS) is 19.6. The summed E-state index contributed by atoms with van der Waals surface area (Å²) in [6, 6.07) is 11.8. The Balaban J connectivity index is 1.70. The van der Waals surface area contributed by atoms with Crippen molar-refractivity contribution < 1.29 is 0 Å². The van der Waals surface area contributed by atoms with Crippen molar-refractivity contribution in [3.05, 3.63) is 47.5 Å². The molecule has 108 valence electrons. The lowest BCUT2D eigenvalue weighted by molar-refractivity contribution is 0.310. The maximum atomic E-state index is 3.43.